The molecule has 1 saturated carbocycles. The first-order valence-electron chi connectivity index (χ1n) is 12.9. The first-order valence-corrected chi connectivity index (χ1v) is 14.5. The maximum Gasteiger partial charge on any atom is 0.214 e. The zero-order valence-electron chi connectivity index (χ0n) is 21.8. The molecule has 0 amide bonds. The predicted octanol–water partition coefficient (Wildman–Crippen LogP) is 5.08. The number of hydrogen-bond donors (Lipinski definition) is 2. The van der Waals surface area contributed by atoms with Crippen molar-refractivity contribution in [3.05, 3.63) is 88.3 Å². The van der Waals surface area contributed by atoms with E-state index in [1.54, 1.807) is 42.8 Å². The third kappa shape index (κ3) is 4.61. The average molecular weight is 542 g/mol. The Hall–Kier alpha value is -2.88. The van der Waals surface area contributed by atoms with Gasteiger partial charge in [-0.15, -0.1) is 0 Å². The van der Waals surface area contributed by atoms with Gasteiger partial charge in [-0.2, -0.15) is 5.10 Å². The second kappa shape index (κ2) is 9.70. The summed E-state index contributed by atoms with van der Waals surface area (Å²) >= 11 is 0. The Kier molecular flexibility index (Phi) is 6.82. The molecule has 0 radical (unpaired) electrons. The number of aromatic nitrogens is 2. The summed E-state index contributed by atoms with van der Waals surface area (Å²) in [5.41, 5.74) is 3.33. The topological polar surface area (TPSA) is 84.2 Å². The van der Waals surface area contributed by atoms with Crippen molar-refractivity contribution in [3.8, 4) is 5.69 Å². The van der Waals surface area contributed by atoms with Crippen molar-refractivity contribution in [1.82, 2.24) is 14.5 Å². The van der Waals surface area contributed by atoms with E-state index in [1.807, 2.05) is 6.20 Å². The second-order valence-electron chi connectivity index (χ2n) is 10.9. The number of nitrogens with zero attached hydrogens (tertiary/aromatic N) is 2. The number of hydrogen-bond acceptors (Lipinski definition) is 4. The molecular formula is C29H33F2N3O3S. The van der Waals surface area contributed by atoms with Crippen LogP contribution in [0.15, 0.2) is 54.2 Å². The van der Waals surface area contributed by atoms with Crippen LogP contribution in [-0.4, -0.2) is 34.2 Å². The van der Waals surface area contributed by atoms with Crippen LogP contribution in [0.4, 0.5) is 8.78 Å². The Labute approximate surface area is 222 Å². The third-order valence-electron chi connectivity index (χ3n) is 8.45. The van der Waals surface area contributed by atoms with Crippen molar-refractivity contribution in [2.24, 2.45) is 5.41 Å². The fraction of sp³-hybridized carbons (Fsp3) is 0.414. The molecule has 1 fully saturated rings. The summed E-state index contributed by atoms with van der Waals surface area (Å²) in [6, 6.07) is 10.9. The van der Waals surface area contributed by atoms with Gasteiger partial charge in [-0.25, -0.2) is 26.6 Å². The van der Waals surface area contributed by atoms with Crippen molar-refractivity contribution in [3.63, 3.8) is 0 Å². The third-order valence-corrected chi connectivity index (χ3v) is 10.2. The number of aliphatic hydroxyl groups is 1. The summed E-state index contributed by atoms with van der Waals surface area (Å²) in [6.07, 6.45) is 6.64. The van der Waals surface area contributed by atoms with Gasteiger partial charge in [0.2, 0.25) is 10.0 Å². The van der Waals surface area contributed by atoms with Crippen molar-refractivity contribution < 1.29 is 22.3 Å². The first-order chi connectivity index (χ1) is 17.9. The van der Waals surface area contributed by atoms with Crippen LogP contribution in [0.25, 0.3) is 11.8 Å². The van der Waals surface area contributed by atoms with Gasteiger partial charge in [0.15, 0.2) is 0 Å². The molecular weight excluding hydrogens is 508 g/mol. The molecule has 0 aliphatic heterocycles. The highest BCUT2D eigenvalue weighted by Gasteiger charge is 2.54. The van der Waals surface area contributed by atoms with E-state index in [0.29, 0.717) is 36.8 Å². The van der Waals surface area contributed by atoms with Crippen LogP contribution in [0, 0.1) is 17.0 Å². The van der Waals surface area contributed by atoms with Gasteiger partial charge in [-0.1, -0.05) is 24.6 Å². The monoisotopic (exact) mass is 541 g/mol. The van der Waals surface area contributed by atoms with Gasteiger partial charge in [0.05, 0.1) is 28.4 Å². The molecule has 0 spiro atoms. The molecule has 6 nitrogen and oxygen atoms in total. The van der Waals surface area contributed by atoms with E-state index < -0.39 is 32.1 Å². The van der Waals surface area contributed by atoms with Crippen LogP contribution < -0.4 is 4.72 Å². The van der Waals surface area contributed by atoms with Gasteiger partial charge >= 0.3 is 0 Å². The van der Waals surface area contributed by atoms with E-state index in [4.69, 9.17) is 0 Å². The Morgan fingerprint density at radius 2 is 1.89 bits per heavy atom. The summed E-state index contributed by atoms with van der Waals surface area (Å²) < 4.78 is 57.0. The SMILES string of the molecule is CC(C)S(=O)(=O)NCc1c(F)cccc1CC[C@]1(O)CCC2=Cc3c(cnn3-c3ccc(F)cc3)C[C@@]21C. The Morgan fingerprint density at radius 3 is 2.61 bits per heavy atom. The van der Waals surface area contributed by atoms with E-state index in [1.165, 1.54) is 18.2 Å². The summed E-state index contributed by atoms with van der Waals surface area (Å²) in [4.78, 5) is 0. The average Bonchev–Trinajstić information content (AvgIpc) is 3.38. The lowest BCUT2D eigenvalue weighted by molar-refractivity contribution is -0.0462. The second-order valence-corrected chi connectivity index (χ2v) is 13.3. The number of rotatable bonds is 8. The van der Waals surface area contributed by atoms with Crippen LogP contribution >= 0.6 is 0 Å². The largest absolute Gasteiger partial charge is 0.389 e. The smallest absolute Gasteiger partial charge is 0.214 e. The number of aryl methyl sites for hydroxylation is 1. The maximum atomic E-state index is 14.8. The summed E-state index contributed by atoms with van der Waals surface area (Å²) in [7, 11) is -3.55. The lowest BCUT2D eigenvalue weighted by atomic mass is 9.65. The number of benzene rings is 2. The molecule has 202 valence electrons. The van der Waals surface area contributed by atoms with Crippen molar-refractivity contribution >= 4 is 16.1 Å². The van der Waals surface area contributed by atoms with E-state index in [0.717, 1.165) is 28.9 Å². The molecule has 1 heterocycles. The number of nitrogens with one attached hydrogen (secondary N) is 1. The molecule has 1 aromatic heterocycles. The van der Waals surface area contributed by atoms with E-state index in [-0.39, 0.29) is 12.4 Å². The molecule has 0 bridgehead atoms. The molecule has 9 heteroatoms. The van der Waals surface area contributed by atoms with Gasteiger partial charge < -0.3 is 5.11 Å². The van der Waals surface area contributed by atoms with Crippen LogP contribution in [0.3, 0.4) is 0 Å². The minimum absolute atomic E-state index is 0.130. The standard InChI is InChI=1S/C29H33F2N3O3S/c1-19(2)38(36,37)33-18-25-20(5-4-6-26(25)31)11-13-29(35)14-12-22-15-27-21(16-28(22,29)3)17-32-34(27)24-9-7-23(30)8-10-24/h4-10,15,17,19,33,35H,11-14,16,18H2,1-3H3/t28-,29-/m0/s1. The molecule has 2 aromatic carbocycles. The number of halogens is 2. The number of sulfonamides is 1. The lowest BCUT2D eigenvalue weighted by Gasteiger charge is -2.42. The molecule has 2 N–H and O–H groups in total. The van der Waals surface area contributed by atoms with Crippen molar-refractivity contribution in [2.75, 3.05) is 0 Å². The summed E-state index contributed by atoms with van der Waals surface area (Å²) in [6.45, 7) is 5.10. The van der Waals surface area contributed by atoms with Crippen LogP contribution in [0.1, 0.15) is 62.4 Å². The molecule has 0 saturated heterocycles. The maximum absolute atomic E-state index is 14.8. The van der Waals surface area contributed by atoms with E-state index in [2.05, 4.69) is 22.8 Å². The highest BCUT2D eigenvalue weighted by molar-refractivity contribution is 7.90. The molecule has 2 aliphatic rings. The Balaban J connectivity index is 1.37. The summed E-state index contributed by atoms with van der Waals surface area (Å²) in [5, 5.41) is 15.9. The lowest BCUT2D eigenvalue weighted by Crippen LogP contribution is -2.45. The van der Waals surface area contributed by atoms with Gasteiger partial charge in [-0.3, -0.25) is 0 Å². The van der Waals surface area contributed by atoms with Gasteiger partial charge in [0, 0.05) is 17.5 Å². The Morgan fingerprint density at radius 1 is 1.16 bits per heavy atom. The van der Waals surface area contributed by atoms with Gasteiger partial charge in [0.25, 0.3) is 0 Å². The number of fused-ring (bicyclic) bond motifs is 2. The minimum Gasteiger partial charge on any atom is -0.389 e. The summed E-state index contributed by atoms with van der Waals surface area (Å²) in [5.74, 6) is -0.768. The van der Waals surface area contributed by atoms with Crippen molar-refractivity contribution in [2.45, 2.75) is 70.3 Å². The van der Waals surface area contributed by atoms with Gasteiger partial charge in [0.1, 0.15) is 11.6 Å². The molecule has 2 aliphatic carbocycles. The first kappa shape index (κ1) is 26.7. The molecule has 3 aromatic rings. The normalized spacial score (nSPS) is 22.9. The quantitative estimate of drug-likeness (QED) is 0.417. The van der Waals surface area contributed by atoms with E-state index >= 15 is 0 Å². The molecule has 38 heavy (non-hydrogen) atoms. The fourth-order valence-corrected chi connectivity index (χ4v) is 6.51. The Bertz CT molecular complexity index is 1500. The zero-order valence-corrected chi connectivity index (χ0v) is 22.7. The zero-order chi connectivity index (χ0) is 27.3. The fourth-order valence-electron chi connectivity index (χ4n) is 5.83. The van der Waals surface area contributed by atoms with Crippen LogP contribution in [-0.2, 0) is 29.4 Å². The minimum atomic E-state index is -3.55. The molecule has 2 atom stereocenters. The highest BCUT2D eigenvalue weighted by Crippen LogP contribution is 2.56. The van der Waals surface area contributed by atoms with Crippen LogP contribution in [0.5, 0.6) is 0 Å². The van der Waals surface area contributed by atoms with E-state index in [9.17, 15) is 22.3 Å². The molecule has 5 rings (SSSR count). The molecule has 0 unspecified atom stereocenters. The highest BCUT2D eigenvalue weighted by atomic mass is 32.2. The van der Waals surface area contributed by atoms with Gasteiger partial charge in [-0.05, 0) is 93.5 Å². The van der Waals surface area contributed by atoms with Crippen molar-refractivity contribution in [1.29, 1.82) is 0 Å². The van der Waals surface area contributed by atoms with Crippen LogP contribution in [0.2, 0.25) is 0 Å². The predicted molar refractivity (Wildman–Crippen MR) is 143 cm³/mol.